The van der Waals surface area contributed by atoms with E-state index in [-0.39, 0.29) is 5.76 Å². The van der Waals surface area contributed by atoms with E-state index < -0.39 is 0 Å². The highest BCUT2D eigenvalue weighted by molar-refractivity contribution is 6.20. The number of hydrogen-bond donors (Lipinski definition) is 2. The quantitative estimate of drug-likeness (QED) is 0.750. The molecular weight excluding hydrogens is 398 g/mol. The van der Waals surface area contributed by atoms with E-state index in [1.165, 1.54) is 0 Å². The van der Waals surface area contributed by atoms with Gasteiger partial charge in [-0.1, -0.05) is 6.07 Å². The third-order valence-corrected chi connectivity index (χ3v) is 5.27. The van der Waals surface area contributed by atoms with Crippen molar-refractivity contribution in [2.45, 2.75) is 0 Å². The monoisotopic (exact) mass is 415 g/mol. The molecule has 0 fully saturated rings. The normalized spacial score (nSPS) is 19.0. The van der Waals surface area contributed by atoms with E-state index >= 15 is 0 Å². The van der Waals surface area contributed by atoms with Crippen molar-refractivity contribution in [3.8, 4) is 0 Å². The summed E-state index contributed by atoms with van der Waals surface area (Å²) in [5, 5.41) is 12.4. The minimum Gasteiger partial charge on any atom is -0.505 e. The third-order valence-electron chi connectivity index (χ3n) is 5.27. The van der Waals surface area contributed by atoms with E-state index in [1.807, 2.05) is 79.0 Å². The molecule has 0 aliphatic carbocycles. The number of aliphatic hydroxyl groups is 1. The van der Waals surface area contributed by atoms with Crippen molar-refractivity contribution < 1.29 is 5.11 Å². The first-order chi connectivity index (χ1) is 15.7. The molecule has 32 heavy (non-hydrogen) atoms. The Balaban J connectivity index is 1.59. The number of rotatable bonds is 1. The van der Waals surface area contributed by atoms with Crippen LogP contribution in [0.1, 0.15) is 11.4 Å². The molecule has 6 nitrogen and oxygen atoms in total. The topological polar surface area (TPSA) is 86.0 Å². The van der Waals surface area contributed by atoms with Crippen molar-refractivity contribution in [1.29, 1.82) is 0 Å². The summed E-state index contributed by atoms with van der Waals surface area (Å²) >= 11 is 0. The number of aliphatic hydroxyl groups excluding tert-OH is 1. The van der Waals surface area contributed by atoms with Crippen LogP contribution in [0.15, 0.2) is 111 Å². The van der Waals surface area contributed by atoms with Crippen molar-refractivity contribution in [3.63, 3.8) is 0 Å². The highest BCUT2D eigenvalue weighted by Crippen LogP contribution is 2.18. The molecule has 0 spiro atoms. The smallest absolute Gasteiger partial charge is 0.150 e. The number of aliphatic imine (C=N–C) groups is 3. The fourth-order valence-electron chi connectivity index (χ4n) is 3.80. The van der Waals surface area contributed by atoms with E-state index in [2.05, 4.69) is 24.9 Å². The number of allylic oxidation sites excluding steroid dienone is 8. The molecule has 0 amide bonds. The Morgan fingerprint density at radius 2 is 1.34 bits per heavy atom. The maximum atomic E-state index is 11.0. The van der Waals surface area contributed by atoms with Crippen LogP contribution in [-0.4, -0.2) is 32.2 Å². The molecule has 2 N–H and O–H groups in total. The number of aromatic nitrogens is 2. The molecule has 0 radical (unpaired) electrons. The maximum Gasteiger partial charge on any atom is 0.150 e. The molecule has 4 aliphatic rings. The van der Waals surface area contributed by atoms with Gasteiger partial charge in [0.25, 0.3) is 0 Å². The lowest BCUT2D eigenvalue weighted by molar-refractivity contribution is 0.504. The molecular formula is C26H17N5O. The Labute approximate surface area is 183 Å². The van der Waals surface area contributed by atoms with Gasteiger partial charge in [0.15, 0.2) is 5.76 Å². The second-order valence-corrected chi connectivity index (χ2v) is 7.58. The van der Waals surface area contributed by atoms with Gasteiger partial charge < -0.3 is 10.1 Å². The Bertz CT molecular complexity index is 1550. The molecule has 2 aromatic rings. The zero-order chi connectivity index (χ0) is 21.5. The molecule has 0 aromatic carbocycles. The summed E-state index contributed by atoms with van der Waals surface area (Å²) in [6, 6.07) is 7.34. The van der Waals surface area contributed by atoms with Crippen molar-refractivity contribution in [1.82, 2.24) is 9.97 Å². The number of nitrogens with zero attached hydrogens (tertiary/aromatic N) is 4. The summed E-state index contributed by atoms with van der Waals surface area (Å²) in [5.74, 6) is 0.0988. The van der Waals surface area contributed by atoms with Crippen LogP contribution in [0.2, 0.25) is 0 Å². The van der Waals surface area contributed by atoms with Crippen LogP contribution < -0.4 is 10.6 Å². The third kappa shape index (κ3) is 3.44. The number of fused-ring (bicyclic) bond motifs is 5. The first-order valence-electron chi connectivity index (χ1n) is 10.2. The molecule has 0 atom stereocenters. The molecule has 0 unspecified atom stereocenters. The largest absolute Gasteiger partial charge is 0.505 e. The molecule has 8 bridgehead atoms. The van der Waals surface area contributed by atoms with Gasteiger partial charge >= 0.3 is 0 Å². The standard InChI is InChI=1S/C26H17N5O/c32-26(24-3-1-2-10-27-24)23-14-22-13-20-7-6-18(29-20)11-16-4-5-17(28-16)12-19-8-9-21(30-19)15-25(23)31-22/h1-15,31-32H/b16-11?,19-12?,20-13?,25-15?,26-23-. The van der Waals surface area contributed by atoms with Crippen molar-refractivity contribution in [2.75, 3.05) is 0 Å². The molecule has 2 aromatic heterocycles. The average molecular weight is 415 g/mol. The van der Waals surface area contributed by atoms with Gasteiger partial charge in [-0.15, -0.1) is 0 Å². The summed E-state index contributed by atoms with van der Waals surface area (Å²) in [7, 11) is 0. The molecule has 0 saturated carbocycles. The van der Waals surface area contributed by atoms with E-state index in [0.29, 0.717) is 10.9 Å². The van der Waals surface area contributed by atoms with Crippen LogP contribution in [-0.2, 0) is 0 Å². The lowest BCUT2D eigenvalue weighted by Crippen LogP contribution is -2.26. The van der Waals surface area contributed by atoms with Crippen molar-refractivity contribution in [3.05, 3.63) is 118 Å². The zero-order valence-electron chi connectivity index (χ0n) is 16.9. The van der Waals surface area contributed by atoms with Gasteiger partial charge in [-0.05, 0) is 79.0 Å². The summed E-state index contributed by atoms with van der Waals surface area (Å²) < 4.78 is 0. The van der Waals surface area contributed by atoms with E-state index in [1.54, 1.807) is 12.3 Å². The van der Waals surface area contributed by atoms with Gasteiger partial charge in [-0.2, -0.15) is 0 Å². The van der Waals surface area contributed by atoms with E-state index in [4.69, 9.17) is 0 Å². The first-order valence-corrected chi connectivity index (χ1v) is 10.2. The zero-order valence-corrected chi connectivity index (χ0v) is 16.9. The number of aromatic amines is 1. The Kier molecular flexibility index (Phi) is 4.14. The van der Waals surface area contributed by atoms with Crippen molar-refractivity contribution >= 4 is 35.0 Å². The van der Waals surface area contributed by atoms with Crippen LogP contribution in [0, 0.1) is 0 Å². The Morgan fingerprint density at radius 3 is 1.97 bits per heavy atom. The second-order valence-electron chi connectivity index (χ2n) is 7.58. The number of pyridine rings is 1. The SMILES string of the molecule is O/C(c1ccccn1)=c1/cc2[nH]c1=CC1=NC(=CC3=NC(=CC4=NC(=C2)C=C4)C=C3)C=C1. The molecule has 0 saturated heterocycles. The lowest BCUT2D eigenvalue weighted by atomic mass is 10.2. The summed E-state index contributed by atoms with van der Waals surface area (Å²) in [4.78, 5) is 21.6. The van der Waals surface area contributed by atoms with Gasteiger partial charge in [0.05, 0.1) is 39.6 Å². The van der Waals surface area contributed by atoms with Gasteiger partial charge in [-0.3, -0.25) is 4.98 Å². The van der Waals surface area contributed by atoms with Gasteiger partial charge in [-0.25, -0.2) is 15.0 Å². The summed E-state index contributed by atoms with van der Waals surface area (Å²) in [5.41, 5.74) is 6.26. The van der Waals surface area contributed by atoms with Crippen LogP contribution in [0.5, 0.6) is 0 Å². The summed E-state index contributed by atoms with van der Waals surface area (Å²) in [6.45, 7) is 0. The number of hydrogen-bond acceptors (Lipinski definition) is 5. The van der Waals surface area contributed by atoms with Gasteiger partial charge in [0, 0.05) is 17.1 Å². The molecule has 152 valence electrons. The average Bonchev–Trinajstić information content (AvgIpc) is 3.59. The minimum atomic E-state index is 0.0988. The Hall–Kier alpha value is -4.58. The molecule has 6 rings (SSSR count). The summed E-state index contributed by atoms with van der Waals surface area (Å²) in [6.07, 6.45) is 21.1. The molecule has 6 heteroatoms. The highest BCUT2D eigenvalue weighted by Gasteiger charge is 2.11. The fraction of sp³-hybridized carbons (Fsp3) is 0. The Morgan fingerprint density at radius 1 is 0.719 bits per heavy atom. The minimum absolute atomic E-state index is 0.0988. The van der Waals surface area contributed by atoms with Crippen LogP contribution in [0.25, 0.3) is 17.9 Å². The second kappa shape index (κ2) is 7.28. The number of H-pyrrole nitrogens is 1. The van der Waals surface area contributed by atoms with E-state index in [0.717, 1.165) is 45.3 Å². The predicted molar refractivity (Wildman–Crippen MR) is 128 cm³/mol. The fourth-order valence-corrected chi connectivity index (χ4v) is 3.80. The van der Waals surface area contributed by atoms with Crippen LogP contribution in [0.4, 0.5) is 0 Å². The highest BCUT2D eigenvalue weighted by atomic mass is 16.3. The molecule has 6 heterocycles. The predicted octanol–water partition coefficient (Wildman–Crippen LogP) is 3.06. The maximum absolute atomic E-state index is 11.0. The molecule has 4 aliphatic heterocycles. The van der Waals surface area contributed by atoms with Gasteiger partial charge in [0.1, 0.15) is 5.69 Å². The van der Waals surface area contributed by atoms with Crippen molar-refractivity contribution in [2.24, 2.45) is 15.0 Å². The lowest BCUT2D eigenvalue weighted by Gasteiger charge is -1.97. The van der Waals surface area contributed by atoms with Crippen LogP contribution >= 0.6 is 0 Å². The van der Waals surface area contributed by atoms with E-state index in [9.17, 15) is 5.11 Å². The van der Waals surface area contributed by atoms with Crippen LogP contribution in [0.3, 0.4) is 0 Å². The first kappa shape index (κ1) is 18.2. The number of nitrogens with one attached hydrogen (secondary N) is 1. The van der Waals surface area contributed by atoms with Gasteiger partial charge in [0.2, 0.25) is 0 Å².